The van der Waals surface area contributed by atoms with E-state index in [9.17, 15) is 0 Å². The zero-order valence-corrected chi connectivity index (χ0v) is 39.6. The third-order valence-electron chi connectivity index (χ3n) is 9.55. The lowest BCUT2D eigenvalue weighted by molar-refractivity contribution is -0.657. The molecule has 0 saturated heterocycles. The van der Waals surface area contributed by atoms with Crippen LogP contribution in [0.2, 0.25) is 0 Å². The van der Waals surface area contributed by atoms with Gasteiger partial charge in [0.1, 0.15) is 17.1 Å². The molecule has 0 atom stereocenters. The summed E-state index contributed by atoms with van der Waals surface area (Å²) in [6.07, 6.45) is 7.77. The number of imidazole rings is 2. The number of nitrogens with zero attached hydrogens (tertiary/aromatic N) is 8. The van der Waals surface area contributed by atoms with E-state index in [-0.39, 0.29) is 49.6 Å². The second-order valence-corrected chi connectivity index (χ2v) is 13.9. The molecule has 2 aromatic heterocycles. The molecule has 0 fully saturated rings. The number of aryl methyl sites for hydroxylation is 4. The van der Waals surface area contributed by atoms with Crippen LogP contribution in [-0.4, -0.2) is 42.4 Å². The minimum Gasteiger partial charge on any atom is -1.00 e. The first-order valence-electron chi connectivity index (χ1n) is 19.8. The lowest BCUT2D eigenvalue weighted by Gasteiger charge is -2.11. The summed E-state index contributed by atoms with van der Waals surface area (Å²) in [6.45, 7) is 3.12. The number of fused-ring (bicyclic) bond motifs is 2. The van der Waals surface area contributed by atoms with Gasteiger partial charge in [-0.15, -0.1) is 24.8 Å². The first-order valence-corrected chi connectivity index (χ1v) is 19.8. The molecule has 0 aliphatic heterocycles. The highest BCUT2D eigenvalue weighted by molar-refractivity contribution is 5.94. The van der Waals surface area contributed by atoms with Crippen molar-refractivity contribution in [3.8, 4) is 5.75 Å². The summed E-state index contributed by atoms with van der Waals surface area (Å²) >= 11 is 0. The van der Waals surface area contributed by atoms with Gasteiger partial charge in [-0.1, -0.05) is 83.0 Å². The topological polar surface area (TPSA) is 138 Å². The molecule has 2 heterocycles. The van der Waals surface area contributed by atoms with E-state index < -0.39 is 0 Å². The van der Waals surface area contributed by atoms with E-state index in [0.29, 0.717) is 6.54 Å². The van der Waals surface area contributed by atoms with Gasteiger partial charge < -0.3 is 51.2 Å². The van der Waals surface area contributed by atoms with Gasteiger partial charge in [0.05, 0.1) is 60.1 Å². The summed E-state index contributed by atoms with van der Waals surface area (Å²) < 4.78 is 12.8. The molecule has 0 spiro atoms. The summed E-state index contributed by atoms with van der Waals surface area (Å²) in [5.74, 6) is 2.40. The van der Waals surface area contributed by atoms with Crippen LogP contribution >= 0.6 is 24.8 Å². The lowest BCUT2D eigenvalue weighted by Crippen LogP contribution is -3.00. The van der Waals surface area contributed by atoms with E-state index >= 15 is 0 Å². The molecule has 0 unspecified atom stereocenters. The number of methoxy groups -OCH3 is 1. The Morgan fingerprint density at radius 2 is 0.953 bits per heavy atom. The van der Waals surface area contributed by atoms with Gasteiger partial charge in [0.2, 0.25) is 0 Å². The van der Waals surface area contributed by atoms with Crippen LogP contribution in [0.5, 0.6) is 5.75 Å². The zero-order valence-electron chi connectivity index (χ0n) is 36.5. The Balaban J connectivity index is 0.000000346. The minimum absolute atomic E-state index is 0. The Labute approximate surface area is 400 Å². The maximum absolute atomic E-state index is 5.46. The third-order valence-corrected chi connectivity index (χ3v) is 9.55. The van der Waals surface area contributed by atoms with Crippen LogP contribution in [-0.2, 0) is 28.2 Å². The number of nitrogens with one attached hydrogen (secondary N) is 3. The van der Waals surface area contributed by atoms with Gasteiger partial charge in [0.15, 0.2) is 0 Å². The van der Waals surface area contributed by atoms with Gasteiger partial charge in [-0.2, -0.15) is 0 Å². The highest BCUT2D eigenvalue weighted by atomic mass is 35.5. The third kappa shape index (κ3) is 15.2. The summed E-state index contributed by atoms with van der Waals surface area (Å²) in [7, 11) is 9.41. The predicted molar refractivity (Wildman–Crippen MR) is 258 cm³/mol. The van der Waals surface area contributed by atoms with E-state index in [1.807, 2.05) is 120 Å². The van der Waals surface area contributed by atoms with Crippen molar-refractivity contribution >= 4 is 86.7 Å². The molecule has 0 aliphatic carbocycles. The normalized spacial score (nSPS) is 10.3. The average molecular weight is 947 g/mol. The van der Waals surface area contributed by atoms with E-state index in [1.54, 1.807) is 7.11 Å². The van der Waals surface area contributed by atoms with Crippen LogP contribution in [0.3, 0.4) is 0 Å². The summed E-state index contributed by atoms with van der Waals surface area (Å²) in [6, 6.07) is 44.8. The molecule has 17 heteroatoms. The highest BCUT2D eigenvalue weighted by Crippen LogP contribution is 2.24. The molecular weight excluding hydrogens is 890 g/mol. The van der Waals surface area contributed by atoms with Crippen LogP contribution in [0, 0.1) is 0 Å². The van der Waals surface area contributed by atoms with Crippen molar-refractivity contribution in [2.75, 3.05) is 49.2 Å². The van der Waals surface area contributed by atoms with Gasteiger partial charge in [0, 0.05) is 64.2 Å². The van der Waals surface area contributed by atoms with Crippen molar-refractivity contribution < 1.29 is 38.7 Å². The van der Waals surface area contributed by atoms with Gasteiger partial charge in [0.25, 0.3) is 0 Å². The number of nitrogens with two attached hydrogens (primary N) is 1. The minimum atomic E-state index is 0. The van der Waals surface area contributed by atoms with Crippen LogP contribution in [0.15, 0.2) is 179 Å². The van der Waals surface area contributed by atoms with E-state index in [4.69, 9.17) is 10.5 Å². The van der Waals surface area contributed by atoms with Crippen molar-refractivity contribution in [1.29, 1.82) is 0 Å². The number of azo groups is 2. The molecule has 8 aromatic rings. The Hall–Kier alpha value is -6.22. The Kier molecular flexibility index (Phi) is 23.4. The van der Waals surface area contributed by atoms with Crippen LogP contribution in [0.25, 0.3) is 21.5 Å². The van der Waals surface area contributed by atoms with Crippen molar-refractivity contribution in [2.24, 2.45) is 54.4 Å². The number of benzene rings is 6. The molecule has 0 aliphatic rings. The second kappa shape index (κ2) is 27.8. The highest BCUT2D eigenvalue weighted by Gasteiger charge is 2.11. The van der Waals surface area contributed by atoms with Gasteiger partial charge in [-0.05, 0) is 71.4 Å². The predicted octanol–water partition coefficient (Wildman–Crippen LogP) is 4.28. The number of halogens is 4. The largest absolute Gasteiger partial charge is 1.00 e. The van der Waals surface area contributed by atoms with Crippen molar-refractivity contribution in [1.82, 2.24) is 9.13 Å². The molecule has 0 bridgehead atoms. The number of hydrogen-bond donors (Lipinski definition) is 4. The number of hydrogen-bond acceptors (Lipinski definition) is 9. The quantitative estimate of drug-likeness (QED) is 0.0778. The maximum Gasteiger partial charge on any atom is 0.421 e. The van der Waals surface area contributed by atoms with Crippen LogP contribution < -0.4 is 60.4 Å². The molecule has 338 valence electrons. The van der Waals surface area contributed by atoms with Crippen molar-refractivity contribution in [2.45, 2.75) is 0 Å². The van der Waals surface area contributed by atoms with Crippen molar-refractivity contribution in [3.05, 3.63) is 158 Å². The average Bonchev–Trinajstić information content (AvgIpc) is 3.79. The molecule has 0 radical (unpaired) electrons. The van der Waals surface area contributed by atoms with E-state index in [0.717, 1.165) is 65.7 Å². The smallest absolute Gasteiger partial charge is 0.421 e. The zero-order chi connectivity index (χ0) is 42.1. The fraction of sp³-hybridized carbons (Fsp3) is 0.191. The van der Waals surface area contributed by atoms with Crippen LogP contribution in [0.4, 0.5) is 40.3 Å². The molecule has 8 rings (SSSR count). The lowest BCUT2D eigenvalue weighted by atomic mass is 10.1. The van der Waals surface area contributed by atoms with Gasteiger partial charge >= 0.3 is 11.9 Å². The SMILES string of the molecule is COc1ccc(N=Nc2n(C)cc[n+]2C)cc1.Cl.Cl.Cn1cc[n+](C)c1N=Nc1ccc(NCCNc2cccc3ccccc23)cc1.NCCNc1cccc2ccccc12.[Cl-].[Cl-]. The molecule has 0 amide bonds. The molecule has 5 N–H and O–H groups in total. The first kappa shape index (κ1) is 53.9. The first-order chi connectivity index (χ1) is 29.3. The number of anilines is 3. The van der Waals surface area contributed by atoms with Crippen LogP contribution in [0.1, 0.15) is 0 Å². The second-order valence-electron chi connectivity index (χ2n) is 13.9. The standard InChI is InChI=1S/C23H24N6.C12H15N4O.C12H14N2.4ClH/c1-28-16-17-29(2)23(28)27-26-20-12-10-19(11-13-20)24-14-15-25-22-9-5-7-18-6-3-4-8-21(18)22;1-15-8-9-16(2)12(15)14-13-10-4-6-11(17-3)7-5-10;13-8-9-14-12-7-3-5-10-4-1-2-6-11(10)12;;;;/h3-13,16-17,25H,14-15H2,1-2H3;4-9H,1-3H3;1-7,14H,8-9,13H2;4*1H/q;+1;;;;;/p-1. The number of rotatable bonds is 13. The Morgan fingerprint density at radius 1 is 0.531 bits per heavy atom. The van der Waals surface area contributed by atoms with E-state index in [1.165, 1.54) is 21.5 Å². The number of aromatic nitrogens is 4. The van der Waals surface area contributed by atoms with Gasteiger partial charge in [-0.3, -0.25) is 0 Å². The molecule has 0 saturated carbocycles. The Bertz CT molecular complexity index is 2600. The molecule has 6 aromatic carbocycles. The summed E-state index contributed by atoms with van der Waals surface area (Å²) in [4.78, 5) is 0. The fourth-order valence-electron chi connectivity index (χ4n) is 6.32. The maximum atomic E-state index is 5.46. The van der Waals surface area contributed by atoms with Gasteiger partial charge in [-0.25, -0.2) is 18.3 Å². The molecule has 13 nitrogen and oxygen atoms in total. The molecular formula is C47H56Cl4N12O. The summed E-state index contributed by atoms with van der Waals surface area (Å²) in [5.41, 5.74) is 10.5. The van der Waals surface area contributed by atoms with Crippen molar-refractivity contribution in [3.63, 3.8) is 0 Å². The monoisotopic (exact) mass is 944 g/mol. The summed E-state index contributed by atoms with van der Waals surface area (Å²) in [5, 5.41) is 32.3. The molecule has 64 heavy (non-hydrogen) atoms. The fourth-order valence-corrected chi connectivity index (χ4v) is 6.32. The Morgan fingerprint density at radius 3 is 1.39 bits per heavy atom. The number of ether oxygens (including phenoxy) is 1. The van der Waals surface area contributed by atoms with E-state index in [2.05, 4.69) is 121 Å².